The molecule has 1 amide bonds. The van der Waals surface area contributed by atoms with Gasteiger partial charge in [0.05, 0.1) is 17.7 Å². The molecule has 0 saturated heterocycles. The fraction of sp³-hybridized carbons (Fsp3) is 0.278. The van der Waals surface area contributed by atoms with E-state index in [4.69, 9.17) is 4.74 Å². The maximum absolute atomic E-state index is 12.5. The number of amides is 1. The van der Waals surface area contributed by atoms with E-state index in [1.54, 1.807) is 0 Å². The molecule has 2 rings (SSSR count). The number of aromatic nitrogens is 1. The first-order chi connectivity index (χ1) is 12.3. The van der Waals surface area contributed by atoms with Crippen LogP contribution in [0.15, 0.2) is 42.6 Å². The third-order valence-corrected chi connectivity index (χ3v) is 3.43. The summed E-state index contributed by atoms with van der Waals surface area (Å²) in [7, 11) is 0. The van der Waals surface area contributed by atoms with Gasteiger partial charge in [0.15, 0.2) is 0 Å². The lowest BCUT2D eigenvalue weighted by Crippen LogP contribution is -2.14. The van der Waals surface area contributed by atoms with Gasteiger partial charge in [-0.25, -0.2) is 4.79 Å². The lowest BCUT2D eigenvalue weighted by atomic mass is 10.2. The zero-order valence-electron chi connectivity index (χ0n) is 14.0. The van der Waals surface area contributed by atoms with Crippen LogP contribution >= 0.6 is 0 Å². The first-order valence-corrected chi connectivity index (χ1v) is 7.93. The van der Waals surface area contributed by atoms with Gasteiger partial charge in [0.2, 0.25) is 0 Å². The molecule has 0 radical (unpaired) electrons. The molecule has 138 valence electrons. The summed E-state index contributed by atoms with van der Waals surface area (Å²) in [6.07, 6.45) is -2.01. The Bertz CT molecular complexity index is 757. The molecule has 26 heavy (non-hydrogen) atoms. The van der Waals surface area contributed by atoms with Gasteiger partial charge in [0.1, 0.15) is 5.69 Å². The molecule has 1 aromatic carbocycles. The summed E-state index contributed by atoms with van der Waals surface area (Å²) in [5.74, 6) is -1.06. The van der Waals surface area contributed by atoms with Crippen LogP contribution in [0.4, 0.5) is 18.9 Å². The third kappa shape index (κ3) is 5.30. The average Bonchev–Trinajstić information content (AvgIpc) is 2.62. The van der Waals surface area contributed by atoms with E-state index in [-0.39, 0.29) is 5.56 Å². The molecule has 0 spiro atoms. The molecule has 1 heterocycles. The third-order valence-electron chi connectivity index (χ3n) is 3.43. The monoisotopic (exact) mass is 366 g/mol. The number of esters is 1. The maximum Gasteiger partial charge on any atom is 0.433 e. The second-order valence-electron chi connectivity index (χ2n) is 5.45. The SMILES string of the molecule is CCCCOC(=O)c1ccc(NC(=O)c2ccc(C(F)(F)F)nc2)cc1. The van der Waals surface area contributed by atoms with E-state index >= 15 is 0 Å². The normalized spacial score (nSPS) is 11.1. The van der Waals surface area contributed by atoms with Gasteiger partial charge < -0.3 is 10.1 Å². The number of carbonyl (C=O) groups is 2. The molecule has 0 bridgehead atoms. The Balaban J connectivity index is 1.98. The van der Waals surface area contributed by atoms with Crippen molar-refractivity contribution in [2.45, 2.75) is 25.9 Å². The maximum atomic E-state index is 12.5. The van der Waals surface area contributed by atoms with Gasteiger partial charge in [0.25, 0.3) is 5.91 Å². The van der Waals surface area contributed by atoms with E-state index in [1.165, 1.54) is 24.3 Å². The number of benzene rings is 1. The molecular weight excluding hydrogens is 349 g/mol. The van der Waals surface area contributed by atoms with Gasteiger partial charge >= 0.3 is 12.1 Å². The van der Waals surface area contributed by atoms with Crippen molar-refractivity contribution in [3.8, 4) is 0 Å². The lowest BCUT2D eigenvalue weighted by Gasteiger charge is -2.08. The van der Waals surface area contributed by atoms with Gasteiger partial charge in [-0.15, -0.1) is 0 Å². The number of carbonyl (C=O) groups excluding carboxylic acids is 2. The number of nitrogens with zero attached hydrogens (tertiary/aromatic N) is 1. The van der Waals surface area contributed by atoms with E-state index in [1.807, 2.05) is 6.92 Å². The van der Waals surface area contributed by atoms with Crippen LogP contribution in [0.1, 0.15) is 46.2 Å². The van der Waals surface area contributed by atoms with Gasteiger partial charge in [-0.2, -0.15) is 13.2 Å². The fourth-order valence-electron chi connectivity index (χ4n) is 1.98. The van der Waals surface area contributed by atoms with E-state index in [0.717, 1.165) is 31.2 Å². The van der Waals surface area contributed by atoms with Crippen LogP contribution in [0.3, 0.4) is 0 Å². The van der Waals surface area contributed by atoms with Gasteiger partial charge in [-0.1, -0.05) is 13.3 Å². The number of unbranched alkanes of at least 4 members (excludes halogenated alkanes) is 1. The van der Waals surface area contributed by atoms with Crippen molar-refractivity contribution >= 4 is 17.6 Å². The Hall–Kier alpha value is -2.90. The number of halogens is 3. The first kappa shape index (κ1) is 19.4. The molecule has 8 heteroatoms. The van der Waals surface area contributed by atoms with E-state index < -0.39 is 23.7 Å². The van der Waals surface area contributed by atoms with Crippen LogP contribution < -0.4 is 5.32 Å². The molecule has 2 aromatic rings. The number of nitrogens with one attached hydrogen (secondary N) is 1. The molecule has 0 aliphatic heterocycles. The predicted molar refractivity (Wildman–Crippen MR) is 88.8 cm³/mol. The minimum absolute atomic E-state index is 0.0129. The number of anilines is 1. The summed E-state index contributed by atoms with van der Waals surface area (Å²) in [6.45, 7) is 2.33. The second kappa shape index (κ2) is 8.46. The average molecular weight is 366 g/mol. The smallest absolute Gasteiger partial charge is 0.433 e. The highest BCUT2D eigenvalue weighted by Crippen LogP contribution is 2.27. The number of ether oxygens (including phenoxy) is 1. The summed E-state index contributed by atoms with van der Waals surface area (Å²) in [5, 5.41) is 2.52. The van der Waals surface area contributed by atoms with Crippen molar-refractivity contribution in [2.75, 3.05) is 11.9 Å². The predicted octanol–water partition coefficient (Wildman–Crippen LogP) is 4.31. The Kier molecular flexibility index (Phi) is 6.32. The zero-order valence-corrected chi connectivity index (χ0v) is 14.0. The highest BCUT2D eigenvalue weighted by Gasteiger charge is 2.32. The number of pyridine rings is 1. The number of alkyl halides is 3. The Morgan fingerprint density at radius 2 is 1.73 bits per heavy atom. The summed E-state index contributed by atoms with van der Waals surface area (Å²) in [5.41, 5.74) is -0.351. The highest BCUT2D eigenvalue weighted by molar-refractivity contribution is 6.04. The largest absolute Gasteiger partial charge is 0.462 e. The Morgan fingerprint density at radius 3 is 2.27 bits per heavy atom. The van der Waals surface area contributed by atoms with E-state index in [9.17, 15) is 22.8 Å². The Morgan fingerprint density at radius 1 is 1.08 bits per heavy atom. The van der Waals surface area contributed by atoms with E-state index in [0.29, 0.717) is 17.9 Å². The minimum Gasteiger partial charge on any atom is -0.462 e. The molecule has 0 saturated carbocycles. The summed E-state index contributed by atoms with van der Waals surface area (Å²) in [6, 6.07) is 7.79. The summed E-state index contributed by atoms with van der Waals surface area (Å²) >= 11 is 0. The van der Waals surface area contributed by atoms with Crippen molar-refractivity contribution in [2.24, 2.45) is 0 Å². The Labute approximate surface area is 148 Å². The van der Waals surface area contributed by atoms with Crippen molar-refractivity contribution in [3.05, 3.63) is 59.4 Å². The minimum atomic E-state index is -4.56. The summed E-state index contributed by atoms with van der Waals surface area (Å²) in [4.78, 5) is 27.1. The van der Waals surface area contributed by atoms with Crippen LogP contribution in [0.25, 0.3) is 0 Å². The van der Waals surface area contributed by atoms with Crippen LogP contribution in [0.2, 0.25) is 0 Å². The standard InChI is InChI=1S/C18H17F3N2O3/c1-2-3-10-26-17(25)12-4-7-14(8-5-12)23-16(24)13-6-9-15(22-11-13)18(19,20)21/h4-9,11H,2-3,10H2,1H3,(H,23,24). The second-order valence-corrected chi connectivity index (χ2v) is 5.45. The van der Waals surface area contributed by atoms with Gasteiger partial charge in [-0.05, 0) is 42.8 Å². The van der Waals surface area contributed by atoms with Gasteiger partial charge in [0, 0.05) is 11.9 Å². The van der Waals surface area contributed by atoms with Crippen LogP contribution in [0, 0.1) is 0 Å². The fourth-order valence-corrected chi connectivity index (χ4v) is 1.98. The quantitative estimate of drug-likeness (QED) is 0.611. The molecule has 0 atom stereocenters. The highest BCUT2D eigenvalue weighted by atomic mass is 19.4. The van der Waals surface area contributed by atoms with Gasteiger partial charge in [-0.3, -0.25) is 9.78 Å². The molecule has 0 fully saturated rings. The first-order valence-electron chi connectivity index (χ1n) is 7.93. The molecule has 1 aromatic heterocycles. The zero-order chi connectivity index (χ0) is 19.2. The number of hydrogen-bond acceptors (Lipinski definition) is 4. The topological polar surface area (TPSA) is 68.3 Å². The molecular formula is C18H17F3N2O3. The van der Waals surface area contributed by atoms with Crippen LogP contribution in [0.5, 0.6) is 0 Å². The summed E-state index contributed by atoms with van der Waals surface area (Å²) < 4.78 is 42.5. The van der Waals surface area contributed by atoms with Crippen LogP contribution in [-0.2, 0) is 10.9 Å². The molecule has 1 N–H and O–H groups in total. The molecule has 0 unspecified atom stereocenters. The van der Waals surface area contributed by atoms with Crippen molar-refractivity contribution in [3.63, 3.8) is 0 Å². The van der Waals surface area contributed by atoms with Crippen molar-refractivity contribution in [1.82, 2.24) is 4.98 Å². The molecule has 0 aliphatic carbocycles. The number of rotatable bonds is 6. The number of hydrogen-bond donors (Lipinski definition) is 1. The van der Waals surface area contributed by atoms with Crippen molar-refractivity contribution < 1.29 is 27.5 Å². The molecule has 5 nitrogen and oxygen atoms in total. The molecule has 0 aliphatic rings. The lowest BCUT2D eigenvalue weighted by molar-refractivity contribution is -0.141. The van der Waals surface area contributed by atoms with Crippen molar-refractivity contribution in [1.29, 1.82) is 0 Å². The van der Waals surface area contributed by atoms with E-state index in [2.05, 4.69) is 10.3 Å². The van der Waals surface area contributed by atoms with Crippen LogP contribution in [-0.4, -0.2) is 23.5 Å².